The van der Waals surface area contributed by atoms with Crippen LogP contribution in [0.2, 0.25) is 0 Å². The van der Waals surface area contributed by atoms with Gasteiger partial charge < -0.3 is 9.32 Å². The average molecular weight is 431 g/mol. The fourth-order valence-corrected chi connectivity index (χ4v) is 4.17. The molecular weight excluding hydrogens is 408 g/mol. The van der Waals surface area contributed by atoms with Crippen LogP contribution in [-0.4, -0.2) is 37.1 Å². The molecule has 3 rings (SSSR count). The Bertz CT molecular complexity index is 992. The monoisotopic (exact) mass is 430 g/mol. The molecule has 0 aliphatic heterocycles. The predicted octanol–water partition coefficient (Wildman–Crippen LogP) is 3.80. The van der Waals surface area contributed by atoms with E-state index in [1.54, 1.807) is 34.6 Å². The van der Waals surface area contributed by atoms with E-state index in [0.29, 0.717) is 12.3 Å². The Labute approximate surface area is 174 Å². The molecule has 1 aromatic carbocycles. The minimum absolute atomic E-state index is 0.256. The van der Waals surface area contributed by atoms with E-state index in [2.05, 4.69) is 0 Å². The molecule has 0 atom stereocenters. The minimum Gasteiger partial charge on any atom is -0.467 e. The SMILES string of the molecule is CN(CC(=O)N(Cc1ccco1)Cc1cccs1)S(=O)(=O)/C=C/c1ccccc1. The van der Waals surface area contributed by atoms with Gasteiger partial charge in [0.1, 0.15) is 5.76 Å². The molecule has 0 unspecified atom stereocenters. The first-order valence-corrected chi connectivity index (χ1v) is 11.3. The lowest BCUT2D eigenvalue weighted by atomic mass is 10.2. The summed E-state index contributed by atoms with van der Waals surface area (Å²) in [4.78, 5) is 15.5. The number of hydrogen-bond donors (Lipinski definition) is 0. The number of sulfonamides is 1. The van der Waals surface area contributed by atoms with Gasteiger partial charge in [0.05, 0.1) is 25.9 Å². The van der Waals surface area contributed by atoms with E-state index in [1.165, 1.54) is 13.1 Å². The van der Waals surface area contributed by atoms with Crippen molar-refractivity contribution < 1.29 is 17.6 Å². The van der Waals surface area contributed by atoms with Crippen LogP contribution in [0, 0.1) is 0 Å². The maximum atomic E-state index is 12.9. The molecule has 0 N–H and O–H groups in total. The summed E-state index contributed by atoms with van der Waals surface area (Å²) in [6.07, 6.45) is 3.07. The first kappa shape index (κ1) is 21.0. The highest BCUT2D eigenvalue weighted by atomic mass is 32.2. The van der Waals surface area contributed by atoms with Crippen LogP contribution in [0.15, 0.2) is 76.1 Å². The second-order valence-electron chi connectivity index (χ2n) is 6.42. The minimum atomic E-state index is -3.73. The van der Waals surface area contributed by atoms with Gasteiger partial charge >= 0.3 is 0 Å². The Morgan fingerprint density at radius 3 is 2.52 bits per heavy atom. The van der Waals surface area contributed by atoms with Gasteiger partial charge in [0, 0.05) is 17.3 Å². The molecule has 8 heteroatoms. The van der Waals surface area contributed by atoms with Gasteiger partial charge in [-0.2, -0.15) is 4.31 Å². The van der Waals surface area contributed by atoms with Gasteiger partial charge in [-0.05, 0) is 35.2 Å². The first-order chi connectivity index (χ1) is 13.9. The topological polar surface area (TPSA) is 70.8 Å². The van der Waals surface area contributed by atoms with E-state index < -0.39 is 10.0 Å². The number of amides is 1. The number of thiophene rings is 1. The lowest BCUT2D eigenvalue weighted by Crippen LogP contribution is -2.39. The van der Waals surface area contributed by atoms with Crippen molar-refractivity contribution in [3.63, 3.8) is 0 Å². The zero-order valence-electron chi connectivity index (χ0n) is 16.0. The molecule has 0 saturated heterocycles. The van der Waals surface area contributed by atoms with Crippen molar-refractivity contribution in [2.75, 3.05) is 13.6 Å². The Kier molecular flexibility index (Phi) is 7.03. The van der Waals surface area contributed by atoms with Gasteiger partial charge in [-0.1, -0.05) is 36.4 Å². The highest BCUT2D eigenvalue weighted by Gasteiger charge is 2.23. The van der Waals surface area contributed by atoms with Gasteiger partial charge in [0.25, 0.3) is 0 Å². The number of benzene rings is 1. The van der Waals surface area contributed by atoms with E-state index in [-0.39, 0.29) is 19.0 Å². The summed E-state index contributed by atoms with van der Waals surface area (Å²) in [5, 5.41) is 3.06. The van der Waals surface area contributed by atoms with Crippen molar-refractivity contribution in [2.45, 2.75) is 13.1 Å². The molecular formula is C21H22N2O4S2. The second kappa shape index (κ2) is 9.69. The van der Waals surface area contributed by atoms with E-state index in [4.69, 9.17) is 4.42 Å². The Hall–Kier alpha value is -2.68. The van der Waals surface area contributed by atoms with Crippen LogP contribution in [-0.2, 0) is 27.9 Å². The fraction of sp³-hybridized carbons (Fsp3) is 0.190. The molecule has 1 amide bonds. The molecule has 6 nitrogen and oxygen atoms in total. The highest BCUT2D eigenvalue weighted by Crippen LogP contribution is 2.16. The van der Waals surface area contributed by atoms with E-state index in [9.17, 15) is 13.2 Å². The third-order valence-corrected chi connectivity index (χ3v) is 6.57. The van der Waals surface area contributed by atoms with Crippen molar-refractivity contribution in [3.05, 3.63) is 87.8 Å². The normalized spacial score (nSPS) is 11.9. The Morgan fingerprint density at radius 2 is 1.86 bits per heavy atom. The van der Waals surface area contributed by atoms with E-state index in [1.807, 2.05) is 47.8 Å². The molecule has 0 bridgehead atoms. The summed E-state index contributed by atoms with van der Waals surface area (Å²) < 4.78 is 31.5. The lowest BCUT2D eigenvalue weighted by Gasteiger charge is -2.23. The quantitative estimate of drug-likeness (QED) is 0.518. The summed E-state index contributed by atoms with van der Waals surface area (Å²) in [7, 11) is -2.33. The summed E-state index contributed by atoms with van der Waals surface area (Å²) >= 11 is 1.54. The summed E-state index contributed by atoms with van der Waals surface area (Å²) in [5.41, 5.74) is 0.771. The second-order valence-corrected chi connectivity index (χ2v) is 9.38. The van der Waals surface area contributed by atoms with Crippen LogP contribution in [0.1, 0.15) is 16.2 Å². The van der Waals surface area contributed by atoms with Gasteiger partial charge in [-0.15, -0.1) is 11.3 Å². The number of carbonyl (C=O) groups excluding carboxylic acids is 1. The molecule has 3 aromatic rings. The van der Waals surface area contributed by atoms with Crippen molar-refractivity contribution in [3.8, 4) is 0 Å². The van der Waals surface area contributed by atoms with Crippen LogP contribution < -0.4 is 0 Å². The lowest BCUT2D eigenvalue weighted by molar-refractivity contribution is -0.132. The number of furan rings is 1. The van der Waals surface area contributed by atoms with Gasteiger partial charge in [0.15, 0.2) is 0 Å². The molecule has 0 aliphatic carbocycles. The number of nitrogens with zero attached hydrogens (tertiary/aromatic N) is 2. The number of hydrogen-bond acceptors (Lipinski definition) is 5. The van der Waals surface area contributed by atoms with Crippen molar-refractivity contribution in [2.24, 2.45) is 0 Å². The van der Waals surface area contributed by atoms with Gasteiger partial charge in [-0.3, -0.25) is 4.79 Å². The maximum absolute atomic E-state index is 12.9. The Balaban J connectivity index is 1.69. The standard InChI is InChI=1S/C21H22N2O4S2/c1-22(29(25,26)14-11-18-7-3-2-4-8-18)17-21(24)23(15-19-9-5-12-27-19)16-20-10-6-13-28-20/h2-14H,15-17H2,1H3/b14-11+. The third kappa shape index (κ3) is 6.15. The van der Waals surface area contributed by atoms with Gasteiger partial charge in [0.2, 0.25) is 15.9 Å². The average Bonchev–Trinajstić information content (AvgIpc) is 3.41. The highest BCUT2D eigenvalue weighted by molar-refractivity contribution is 7.92. The molecule has 0 spiro atoms. The zero-order chi connectivity index (χ0) is 20.7. The Morgan fingerprint density at radius 1 is 1.07 bits per heavy atom. The van der Waals surface area contributed by atoms with Crippen molar-refractivity contribution >= 4 is 33.3 Å². The molecule has 152 valence electrons. The van der Waals surface area contributed by atoms with Crippen LogP contribution in [0.5, 0.6) is 0 Å². The van der Waals surface area contributed by atoms with E-state index >= 15 is 0 Å². The van der Waals surface area contributed by atoms with Crippen LogP contribution in [0.25, 0.3) is 6.08 Å². The smallest absolute Gasteiger partial charge is 0.238 e. The largest absolute Gasteiger partial charge is 0.467 e. The summed E-state index contributed by atoms with van der Waals surface area (Å²) in [6.45, 7) is 0.413. The van der Waals surface area contributed by atoms with Crippen LogP contribution >= 0.6 is 11.3 Å². The van der Waals surface area contributed by atoms with Crippen LogP contribution in [0.3, 0.4) is 0 Å². The number of likely N-dealkylation sites (N-methyl/N-ethyl adjacent to an activating group) is 1. The fourth-order valence-electron chi connectivity index (χ4n) is 2.63. The molecule has 2 heterocycles. The van der Waals surface area contributed by atoms with Crippen molar-refractivity contribution in [1.82, 2.24) is 9.21 Å². The van der Waals surface area contributed by atoms with E-state index in [0.717, 1.165) is 20.2 Å². The molecule has 0 fully saturated rings. The van der Waals surface area contributed by atoms with Crippen molar-refractivity contribution in [1.29, 1.82) is 0 Å². The van der Waals surface area contributed by atoms with Gasteiger partial charge in [-0.25, -0.2) is 8.42 Å². The molecule has 0 aliphatic rings. The first-order valence-electron chi connectivity index (χ1n) is 8.96. The van der Waals surface area contributed by atoms with Crippen LogP contribution in [0.4, 0.5) is 0 Å². The molecule has 29 heavy (non-hydrogen) atoms. The number of rotatable bonds is 9. The molecule has 2 aromatic heterocycles. The molecule has 0 radical (unpaired) electrons. The summed E-state index contributed by atoms with van der Waals surface area (Å²) in [5.74, 6) is 0.346. The summed E-state index contributed by atoms with van der Waals surface area (Å²) in [6, 6.07) is 16.5. The predicted molar refractivity (Wildman–Crippen MR) is 114 cm³/mol. The third-order valence-electron chi connectivity index (χ3n) is 4.23. The number of carbonyl (C=O) groups is 1. The molecule has 0 saturated carbocycles. The zero-order valence-corrected chi connectivity index (χ0v) is 17.6. The maximum Gasteiger partial charge on any atom is 0.238 e.